The summed E-state index contributed by atoms with van der Waals surface area (Å²) >= 11 is 0. The molecule has 2 aromatic rings. The van der Waals surface area contributed by atoms with Gasteiger partial charge in [-0.25, -0.2) is 13.2 Å². The molecule has 0 radical (unpaired) electrons. The molecule has 162 valence electrons. The highest BCUT2D eigenvalue weighted by atomic mass is 32.2. The summed E-state index contributed by atoms with van der Waals surface area (Å²) in [5, 5.41) is 5.80. The number of amides is 2. The number of nitrogens with zero attached hydrogens (tertiary/aromatic N) is 1. The summed E-state index contributed by atoms with van der Waals surface area (Å²) in [7, 11) is -3.42. The number of hydrogen-bond donors (Lipinski definition) is 2. The number of aryl methyl sites for hydroxylation is 3. The van der Waals surface area contributed by atoms with E-state index in [1.54, 1.807) is 16.4 Å². The number of piperidine rings is 1. The molecule has 1 saturated heterocycles. The van der Waals surface area contributed by atoms with Gasteiger partial charge in [0.2, 0.25) is 10.0 Å². The number of rotatable bonds is 6. The van der Waals surface area contributed by atoms with Crippen LogP contribution >= 0.6 is 0 Å². The van der Waals surface area contributed by atoms with Crippen molar-refractivity contribution in [3.63, 3.8) is 0 Å². The first-order valence-corrected chi connectivity index (χ1v) is 11.9. The van der Waals surface area contributed by atoms with E-state index in [1.165, 1.54) is 0 Å². The topological polar surface area (TPSA) is 78.5 Å². The van der Waals surface area contributed by atoms with Crippen molar-refractivity contribution >= 4 is 21.7 Å². The summed E-state index contributed by atoms with van der Waals surface area (Å²) in [5.74, 6) is 0.413. The maximum Gasteiger partial charge on any atom is 0.319 e. The van der Waals surface area contributed by atoms with Gasteiger partial charge in [0.15, 0.2) is 0 Å². The Labute approximate surface area is 179 Å². The maximum atomic E-state index is 12.8. The predicted molar refractivity (Wildman–Crippen MR) is 120 cm³/mol. The number of sulfonamides is 1. The van der Waals surface area contributed by atoms with Crippen LogP contribution in [0, 0.1) is 26.7 Å². The second-order valence-electron chi connectivity index (χ2n) is 8.15. The maximum absolute atomic E-state index is 12.8. The van der Waals surface area contributed by atoms with Crippen LogP contribution in [0.1, 0.15) is 36.0 Å². The molecular formula is C23H31N3O3S. The number of carbonyl (C=O) groups is 1. The summed E-state index contributed by atoms with van der Waals surface area (Å²) in [4.78, 5) is 12.5. The fourth-order valence-corrected chi connectivity index (χ4v) is 5.28. The first-order chi connectivity index (χ1) is 14.3. The first-order valence-electron chi connectivity index (χ1n) is 10.4. The summed E-state index contributed by atoms with van der Waals surface area (Å²) < 4.78 is 27.2. The van der Waals surface area contributed by atoms with Crippen LogP contribution in [0.2, 0.25) is 0 Å². The second-order valence-corrected chi connectivity index (χ2v) is 10.1. The Hall–Kier alpha value is -2.38. The normalized spacial score (nSPS) is 15.7. The minimum atomic E-state index is -3.42. The third-order valence-electron chi connectivity index (χ3n) is 5.70. The van der Waals surface area contributed by atoms with E-state index in [2.05, 4.69) is 10.6 Å². The molecule has 0 spiro atoms. The van der Waals surface area contributed by atoms with E-state index in [0.29, 0.717) is 30.4 Å². The Morgan fingerprint density at radius 3 is 2.27 bits per heavy atom. The lowest BCUT2D eigenvalue weighted by molar-refractivity contribution is 0.245. The fraction of sp³-hybridized carbons (Fsp3) is 0.435. The number of carbonyl (C=O) groups excluding carboxylic acids is 1. The van der Waals surface area contributed by atoms with Crippen molar-refractivity contribution in [1.29, 1.82) is 0 Å². The minimum Gasteiger partial charge on any atom is -0.338 e. The Morgan fingerprint density at radius 2 is 1.63 bits per heavy atom. The zero-order chi connectivity index (χ0) is 21.7. The molecule has 1 heterocycles. The van der Waals surface area contributed by atoms with Crippen LogP contribution in [-0.2, 0) is 10.0 Å². The monoisotopic (exact) mass is 429 g/mol. The SMILES string of the molecule is Cc1ccc(S(=O)(=O)N2CCC(CCNC(=O)Nc3ccc(C)cc3C)CC2)cc1. The highest BCUT2D eigenvalue weighted by Gasteiger charge is 2.29. The molecule has 2 amide bonds. The van der Waals surface area contributed by atoms with Crippen LogP contribution in [-0.4, -0.2) is 38.4 Å². The van der Waals surface area contributed by atoms with Gasteiger partial charge in [-0.2, -0.15) is 4.31 Å². The molecule has 0 aliphatic carbocycles. The van der Waals surface area contributed by atoms with Crippen molar-refractivity contribution in [2.24, 2.45) is 5.92 Å². The van der Waals surface area contributed by atoms with Crippen molar-refractivity contribution < 1.29 is 13.2 Å². The first kappa shape index (κ1) is 22.3. The van der Waals surface area contributed by atoms with Crippen LogP contribution in [0.4, 0.5) is 10.5 Å². The van der Waals surface area contributed by atoms with Crippen molar-refractivity contribution in [3.05, 3.63) is 59.2 Å². The Balaban J connectivity index is 1.42. The van der Waals surface area contributed by atoms with Crippen LogP contribution < -0.4 is 10.6 Å². The summed E-state index contributed by atoms with van der Waals surface area (Å²) in [6.07, 6.45) is 2.47. The van der Waals surface area contributed by atoms with Crippen LogP contribution in [0.5, 0.6) is 0 Å². The van der Waals surface area contributed by atoms with Crippen molar-refractivity contribution in [2.75, 3.05) is 25.0 Å². The number of nitrogens with one attached hydrogen (secondary N) is 2. The zero-order valence-corrected chi connectivity index (χ0v) is 18.8. The molecule has 7 heteroatoms. The van der Waals surface area contributed by atoms with Gasteiger partial charge in [0.05, 0.1) is 4.90 Å². The Bertz CT molecular complexity index is 979. The van der Waals surface area contributed by atoms with Gasteiger partial charge in [-0.1, -0.05) is 35.4 Å². The molecule has 0 atom stereocenters. The van der Waals surface area contributed by atoms with E-state index < -0.39 is 10.0 Å². The van der Waals surface area contributed by atoms with Gasteiger partial charge < -0.3 is 10.6 Å². The molecule has 3 rings (SSSR count). The van der Waals surface area contributed by atoms with Gasteiger partial charge in [0.25, 0.3) is 0 Å². The molecule has 1 aliphatic rings. The molecule has 0 unspecified atom stereocenters. The van der Waals surface area contributed by atoms with Crippen molar-refractivity contribution in [3.8, 4) is 0 Å². The molecular weight excluding hydrogens is 398 g/mol. The highest BCUT2D eigenvalue weighted by molar-refractivity contribution is 7.89. The molecule has 1 aliphatic heterocycles. The van der Waals surface area contributed by atoms with E-state index >= 15 is 0 Å². The molecule has 1 fully saturated rings. The number of urea groups is 1. The number of benzene rings is 2. The average Bonchev–Trinajstić information content (AvgIpc) is 2.71. The lowest BCUT2D eigenvalue weighted by atomic mass is 9.95. The lowest BCUT2D eigenvalue weighted by Gasteiger charge is -2.31. The Kier molecular flexibility index (Phi) is 7.15. The molecule has 30 heavy (non-hydrogen) atoms. The standard InChI is InChI=1S/C23H31N3O3S/c1-17-4-7-21(8-5-17)30(28,29)26-14-11-20(12-15-26)10-13-24-23(27)25-22-9-6-18(2)16-19(22)3/h4-9,16,20H,10-15H2,1-3H3,(H2,24,25,27). The summed E-state index contributed by atoms with van der Waals surface area (Å²) in [6.45, 7) is 7.56. The second kappa shape index (κ2) is 9.62. The van der Waals surface area contributed by atoms with E-state index in [1.807, 2.05) is 51.1 Å². The van der Waals surface area contributed by atoms with Gasteiger partial charge >= 0.3 is 6.03 Å². The van der Waals surface area contributed by atoms with E-state index in [9.17, 15) is 13.2 Å². The molecule has 0 bridgehead atoms. The molecule has 6 nitrogen and oxygen atoms in total. The van der Waals surface area contributed by atoms with Crippen LogP contribution in [0.25, 0.3) is 0 Å². The molecule has 2 aromatic carbocycles. The van der Waals surface area contributed by atoms with Crippen LogP contribution in [0.3, 0.4) is 0 Å². The minimum absolute atomic E-state index is 0.207. The van der Waals surface area contributed by atoms with Gasteiger partial charge in [-0.15, -0.1) is 0 Å². The van der Waals surface area contributed by atoms with Crippen molar-refractivity contribution in [1.82, 2.24) is 9.62 Å². The molecule has 2 N–H and O–H groups in total. The number of anilines is 1. The van der Waals surface area contributed by atoms with E-state index in [0.717, 1.165) is 41.6 Å². The summed E-state index contributed by atoms with van der Waals surface area (Å²) in [6, 6.07) is 12.7. The number of hydrogen-bond acceptors (Lipinski definition) is 3. The van der Waals surface area contributed by atoms with E-state index in [4.69, 9.17) is 0 Å². The predicted octanol–water partition coefficient (Wildman–Crippen LogP) is 4.22. The van der Waals surface area contributed by atoms with Gasteiger partial charge in [0, 0.05) is 25.3 Å². The van der Waals surface area contributed by atoms with Gasteiger partial charge in [-0.05, 0) is 69.7 Å². The third-order valence-corrected chi connectivity index (χ3v) is 7.61. The van der Waals surface area contributed by atoms with Crippen molar-refractivity contribution in [2.45, 2.75) is 44.9 Å². The third kappa shape index (κ3) is 5.61. The quantitative estimate of drug-likeness (QED) is 0.721. The molecule has 0 saturated carbocycles. The summed E-state index contributed by atoms with van der Waals surface area (Å²) in [5.41, 5.74) is 4.05. The zero-order valence-electron chi connectivity index (χ0n) is 17.9. The van der Waals surface area contributed by atoms with Crippen LogP contribution in [0.15, 0.2) is 47.4 Å². The van der Waals surface area contributed by atoms with Gasteiger partial charge in [-0.3, -0.25) is 0 Å². The lowest BCUT2D eigenvalue weighted by Crippen LogP contribution is -2.39. The Morgan fingerprint density at radius 1 is 1.00 bits per heavy atom. The molecule has 0 aromatic heterocycles. The average molecular weight is 430 g/mol. The van der Waals surface area contributed by atoms with Gasteiger partial charge in [0.1, 0.15) is 0 Å². The largest absolute Gasteiger partial charge is 0.338 e. The smallest absolute Gasteiger partial charge is 0.319 e. The van der Waals surface area contributed by atoms with E-state index in [-0.39, 0.29) is 6.03 Å². The fourth-order valence-electron chi connectivity index (χ4n) is 3.81. The highest BCUT2D eigenvalue weighted by Crippen LogP contribution is 2.25.